The third kappa shape index (κ3) is 3.01. The number of benzene rings is 1. The first-order valence-corrected chi connectivity index (χ1v) is 7.90. The van der Waals surface area contributed by atoms with Gasteiger partial charge in [0.05, 0.1) is 0 Å². The van der Waals surface area contributed by atoms with Crippen molar-refractivity contribution in [3.8, 4) is 0 Å². The molecular weight excluding hydrogens is 386 g/mol. The molecule has 0 aliphatic heterocycles. The van der Waals surface area contributed by atoms with Crippen molar-refractivity contribution < 1.29 is 13.5 Å². The molecule has 1 rings (SSSR count). The Hall–Kier alpha value is 0.440. The van der Waals surface area contributed by atoms with Gasteiger partial charge in [0.2, 0.25) is 2.21 Å². The molecule has 0 spiro atoms. The van der Waals surface area contributed by atoms with E-state index in [2.05, 4.69) is 0 Å². The molecule has 0 saturated heterocycles. The van der Waals surface area contributed by atoms with E-state index in [1.54, 1.807) is 18.2 Å². The zero-order valence-electron chi connectivity index (χ0n) is 8.19. The van der Waals surface area contributed by atoms with E-state index in [1.165, 1.54) is 28.7 Å². The van der Waals surface area contributed by atoms with Crippen LogP contribution in [-0.4, -0.2) is 22.0 Å². The number of halogens is 3. The molecule has 90 valence electrons. The highest BCUT2D eigenvalue weighted by Crippen LogP contribution is 2.42. The lowest BCUT2D eigenvalue weighted by atomic mass is 10.1. The van der Waals surface area contributed by atoms with Gasteiger partial charge in [-0.25, -0.2) is 8.42 Å². The van der Waals surface area contributed by atoms with Gasteiger partial charge in [0, 0.05) is 11.3 Å². The van der Waals surface area contributed by atoms with Crippen molar-refractivity contribution in [1.29, 1.82) is 0 Å². The third-order valence-electron chi connectivity index (χ3n) is 1.98. The standard InChI is InChI=1S/C9H9Cl2IO3S/c1-16(14,15)9(11,12)8(13)6-3-2-4-7(10)5-6/h2-5,8,13H,1H3/t8-,9+/m1/s1. The Morgan fingerprint density at radius 1 is 1.50 bits per heavy atom. The van der Waals surface area contributed by atoms with Crippen LogP contribution in [0.15, 0.2) is 24.3 Å². The van der Waals surface area contributed by atoms with Gasteiger partial charge in [-0.05, 0) is 40.3 Å². The summed E-state index contributed by atoms with van der Waals surface area (Å²) in [5.74, 6) is 0. The van der Waals surface area contributed by atoms with E-state index in [9.17, 15) is 13.5 Å². The SMILES string of the molecule is CS(=O)(=O)[C@@](Cl)(I)[C@H](O)c1cccc(Cl)c1. The lowest BCUT2D eigenvalue weighted by Crippen LogP contribution is -2.31. The second kappa shape index (κ2) is 4.97. The first kappa shape index (κ1) is 14.5. The van der Waals surface area contributed by atoms with E-state index < -0.39 is 18.2 Å². The van der Waals surface area contributed by atoms with Gasteiger partial charge in [0.25, 0.3) is 0 Å². The van der Waals surface area contributed by atoms with Crippen LogP contribution in [0.4, 0.5) is 0 Å². The summed E-state index contributed by atoms with van der Waals surface area (Å²) in [5, 5.41) is 10.3. The summed E-state index contributed by atoms with van der Waals surface area (Å²) in [6, 6.07) is 6.29. The Morgan fingerprint density at radius 2 is 2.06 bits per heavy atom. The topological polar surface area (TPSA) is 54.4 Å². The molecule has 0 unspecified atom stereocenters. The average molecular weight is 395 g/mol. The van der Waals surface area contributed by atoms with Crippen LogP contribution in [0.2, 0.25) is 5.02 Å². The van der Waals surface area contributed by atoms with Crippen molar-refractivity contribution in [2.75, 3.05) is 6.26 Å². The molecule has 0 bridgehead atoms. The molecule has 0 saturated carbocycles. The quantitative estimate of drug-likeness (QED) is 0.633. The Kier molecular flexibility index (Phi) is 4.51. The van der Waals surface area contributed by atoms with Gasteiger partial charge in [-0.3, -0.25) is 0 Å². The number of hydrogen-bond acceptors (Lipinski definition) is 3. The van der Waals surface area contributed by atoms with Gasteiger partial charge < -0.3 is 5.11 Å². The number of aliphatic hydroxyl groups excluding tert-OH is 1. The fourth-order valence-corrected chi connectivity index (χ4v) is 2.30. The summed E-state index contributed by atoms with van der Waals surface area (Å²) in [6.45, 7) is 0. The van der Waals surface area contributed by atoms with Crippen LogP contribution in [0.25, 0.3) is 0 Å². The monoisotopic (exact) mass is 394 g/mol. The molecule has 0 radical (unpaired) electrons. The largest absolute Gasteiger partial charge is 0.385 e. The van der Waals surface area contributed by atoms with Crippen LogP contribution in [0.5, 0.6) is 0 Å². The fourth-order valence-electron chi connectivity index (χ4n) is 1.07. The second-order valence-corrected chi connectivity index (χ2v) is 9.81. The molecule has 3 nitrogen and oxygen atoms in total. The van der Waals surface area contributed by atoms with Gasteiger partial charge in [-0.15, -0.1) is 0 Å². The molecule has 2 atom stereocenters. The highest BCUT2D eigenvalue weighted by atomic mass is 127. The normalized spacial score (nSPS) is 17.8. The highest BCUT2D eigenvalue weighted by molar-refractivity contribution is 14.1. The van der Waals surface area contributed by atoms with E-state index in [0.29, 0.717) is 10.6 Å². The van der Waals surface area contributed by atoms with Crippen molar-refractivity contribution in [3.05, 3.63) is 34.9 Å². The van der Waals surface area contributed by atoms with Crippen molar-refractivity contribution in [3.63, 3.8) is 0 Å². The van der Waals surface area contributed by atoms with Crippen molar-refractivity contribution in [2.45, 2.75) is 8.32 Å². The smallest absolute Gasteiger partial charge is 0.224 e. The van der Waals surface area contributed by atoms with Gasteiger partial charge in [-0.2, -0.15) is 0 Å². The number of hydrogen-bond donors (Lipinski definition) is 1. The Bertz CT molecular complexity index is 487. The van der Waals surface area contributed by atoms with E-state index in [-0.39, 0.29) is 0 Å². The highest BCUT2D eigenvalue weighted by Gasteiger charge is 2.44. The Balaban J connectivity index is 3.17. The predicted octanol–water partition coefficient (Wildman–Crippen LogP) is 2.75. The molecule has 0 amide bonds. The first-order valence-electron chi connectivity index (χ1n) is 4.17. The van der Waals surface area contributed by atoms with Crippen LogP contribution in [-0.2, 0) is 9.84 Å². The predicted molar refractivity (Wildman–Crippen MR) is 73.9 cm³/mol. The van der Waals surface area contributed by atoms with E-state index in [4.69, 9.17) is 23.2 Å². The molecular formula is C9H9Cl2IO3S. The van der Waals surface area contributed by atoms with Crippen LogP contribution in [0.1, 0.15) is 11.7 Å². The molecule has 1 aromatic rings. The average Bonchev–Trinajstić information content (AvgIpc) is 2.14. The minimum Gasteiger partial charge on any atom is -0.385 e. The van der Waals surface area contributed by atoms with Crippen LogP contribution in [0.3, 0.4) is 0 Å². The summed E-state index contributed by atoms with van der Waals surface area (Å²) < 4.78 is 21.0. The third-order valence-corrected chi connectivity index (χ3v) is 7.46. The van der Waals surface area contributed by atoms with Crippen molar-refractivity contribution >= 4 is 55.6 Å². The van der Waals surface area contributed by atoms with Gasteiger partial charge >= 0.3 is 0 Å². The molecule has 7 heteroatoms. The number of rotatable bonds is 3. The van der Waals surface area contributed by atoms with Gasteiger partial charge in [0.1, 0.15) is 6.10 Å². The van der Waals surface area contributed by atoms with Crippen LogP contribution < -0.4 is 0 Å². The maximum Gasteiger partial charge on any atom is 0.224 e. The molecule has 0 aliphatic rings. The lowest BCUT2D eigenvalue weighted by Gasteiger charge is -2.24. The Labute approximate surface area is 118 Å². The zero-order chi connectivity index (χ0) is 12.6. The van der Waals surface area contributed by atoms with Crippen LogP contribution >= 0.6 is 45.8 Å². The van der Waals surface area contributed by atoms with E-state index in [0.717, 1.165) is 6.26 Å². The van der Waals surface area contributed by atoms with Crippen LogP contribution in [0, 0.1) is 0 Å². The number of aliphatic hydroxyl groups is 1. The summed E-state index contributed by atoms with van der Waals surface area (Å²) in [4.78, 5) is 0. The van der Waals surface area contributed by atoms with Gasteiger partial charge in [-0.1, -0.05) is 35.3 Å². The lowest BCUT2D eigenvalue weighted by molar-refractivity contribution is 0.188. The summed E-state index contributed by atoms with van der Waals surface area (Å²) >= 11 is 13.1. The van der Waals surface area contributed by atoms with Crippen molar-refractivity contribution in [1.82, 2.24) is 0 Å². The maximum absolute atomic E-state index is 11.4. The molecule has 0 aromatic heterocycles. The molecule has 16 heavy (non-hydrogen) atoms. The van der Waals surface area contributed by atoms with Gasteiger partial charge in [0.15, 0.2) is 9.84 Å². The molecule has 0 aliphatic carbocycles. The summed E-state index contributed by atoms with van der Waals surface area (Å²) in [6.07, 6.45) is -0.372. The fraction of sp³-hybridized carbons (Fsp3) is 0.333. The zero-order valence-corrected chi connectivity index (χ0v) is 12.7. The maximum atomic E-state index is 11.4. The first-order chi connectivity index (χ1) is 7.16. The Morgan fingerprint density at radius 3 is 2.50 bits per heavy atom. The molecule has 0 fully saturated rings. The number of sulfone groups is 1. The van der Waals surface area contributed by atoms with Crippen molar-refractivity contribution in [2.24, 2.45) is 0 Å². The number of alkyl halides is 2. The van der Waals surface area contributed by atoms with E-state index in [1.807, 2.05) is 0 Å². The molecule has 1 N–H and O–H groups in total. The summed E-state index contributed by atoms with van der Waals surface area (Å²) in [7, 11) is -3.60. The second-order valence-electron chi connectivity index (χ2n) is 3.29. The summed E-state index contributed by atoms with van der Waals surface area (Å²) in [5.41, 5.74) is 0.363. The minimum atomic E-state index is -3.60. The minimum absolute atomic E-state index is 0.363. The van der Waals surface area contributed by atoms with E-state index >= 15 is 0 Å². The molecule has 0 heterocycles. The molecule has 1 aromatic carbocycles.